The number of amides is 1. The van der Waals surface area contributed by atoms with E-state index in [1.165, 1.54) is 27.9 Å². The van der Waals surface area contributed by atoms with E-state index in [0.717, 1.165) is 0 Å². The monoisotopic (exact) mass is 289 g/mol. The van der Waals surface area contributed by atoms with Crippen LogP contribution in [0.5, 0.6) is 0 Å². The summed E-state index contributed by atoms with van der Waals surface area (Å²) < 4.78 is 20.7. The zero-order valence-corrected chi connectivity index (χ0v) is 11.9. The first-order chi connectivity index (χ1) is 9.35. The number of ether oxygens (including phenoxy) is 4. The van der Waals surface area contributed by atoms with Gasteiger partial charge in [0.2, 0.25) is 5.91 Å². The smallest absolute Gasteiger partial charge is 0.303 e. The van der Waals surface area contributed by atoms with Crippen molar-refractivity contribution in [1.82, 2.24) is 5.32 Å². The normalized spacial score (nSPS) is 29.4. The fourth-order valence-electron chi connectivity index (χ4n) is 2.01. The highest BCUT2D eigenvalue weighted by Gasteiger charge is 2.45. The maximum Gasteiger partial charge on any atom is 0.303 e. The van der Waals surface area contributed by atoms with Crippen molar-refractivity contribution in [2.75, 3.05) is 13.7 Å². The summed E-state index contributed by atoms with van der Waals surface area (Å²) in [5, 5.41) is 2.60. The van der Waals surface area contributed by atoms with Crippen LogP contribution in [0.1, 0.15) is 20.8 Å². The van der Waals surface area contributed by atoms with Crippen LogP contribution in [0.3, 0.4) is 0 Å². The molecule has 114 valence electrons. The predicted molar refractivity (Wildman–Crippen MR) is 65.5 cm³/mol. The third-order valence-corrected chi connectivity index (χ3v) is 2.65. The van der Waals surface area contributed by atoms with Gasteiger partial charge in [0.15, 0.2) is 18.5 Å². The number of esters is 2. The van der Waals surface area contributed by atoms with Crippen LogP contribution < -0.4 is 5.32 Å². The van der Waals surface area contributed by atoms with Crippen molar-refractivity contribution in [1.29, 1.82) is 0 Å². The quantitative estimate of drug-likeness (QED) is 0.687. The van der Waals surface area contributed by atoms with Gasteiger partial charge in [0.05, 0.1) is 12.6 Å². The molecule has 0 spiro atoms. The minimum atomic E-state index is -0.952. The second-order valence-electron chi connectivity index (χ2n) is 4.39. The molecule has 0 aromatic carbocycles. The number of hydrogen-bond acceptors (Lipinski definition) is 7. The largest absolute Gasteiger partial charge is 0.456 e. The van der Waals surface area contributed by atoms with E-state index in [1.54, 1.807) is 0 Å². The van der Waals surface area contributed by atoms with Gasteiger partial charge in [-0.1, -0.05) is 0 Å². The Morgan fingerprint density at radius 1 is 1.05 bits per heavy atom. The molecule has 1 amide bonds. The topological polar surface area (TPSA) is 100 Å². The van der Waals surface area contributed by atoms with Crippen molar-refractivity contribution >= 4 is 17.8 Å². The van der Waals surface area contributed by atoms with Gasteiger partial charge in [-0.25, -0.2) is 0 Å². The molecule has 0 radical (unpaired) electrons. The molecule has 1 rings (SSSR count). The van der Waals surface area contributed by atoms with Crippen molar-refractivity contribution in [2.45, 2.75) is 45.3 Å². The molecule has 0 aromatic heterocycles. The first kappa shape index (κ1) is 16.4. The molecule has 20 heavy (non-hydrogen) atoms. The van der Waals surface area contributed by atoms with E-state index in [9.17, 15) is 14.4 Å². The molecule has 1 aliphatic rings. The van der Waals surface area contributed by atoms with Crippen LogP contribution in [0, 0.1) is 0 Å². The maximum atomic E-state index is 11.2. The minimum Gasteiger partial charge on any atom is -0.456 e. The van der Waals surface area contributed by atoms with Crippen LogP contribution in [0.2, 0.25) is 0 Å². The van der Waals surface area contributed by atoms with Crippen molar-refractivity contribution < 1.29 is 33.3 Å². The Hall–Kier alpha value is -1.67. The van der Waals surface area contributed by atoms with E-state index in [-0.39, 0.29) is 12.5 Å². The molecular formula is C12H19NO7. The standard InChI is InChI=1S/C12H19NO7/c1-6(14)13-9-5-18-12(17-4)11(20-8(3)16)10(9)19-7(2)15/h9-12H,5H2,1-4H3,(H,13,14)/t9-,10+,11+,12-/m0/s1. The number of rotatable bonds is 4. The van der Waals surface area contributed by atoms with Gasteiger partial charge < -0.3 is 24.3 Å². The number of hydrogen-bond donors (Lipinski definition) is 1. The lowest BCUT2D eigenvalue weighted by molar-refractivity contribution is -0.254. The molecule has 4 atom stereocenters. The lowest BCUT2D eigenvalue weighted by Gasteiger charge is -2.40. The highest BCUT2D eigenvalue weighted by atomic mass is 16.7. The zero-order valence-electron chi connectivity index (χ0n) is 11.9. The van der Waals surface area contributed by atoms with E-state index < -0.39 is 36.5 Å². The van der Waals surface area contributed by atoms with Gasteiger partial charge in [-0.15, -0.1) is 0 Å². The average molecular weight is 289 g/mol. The number of methoxy groups -OCH3 is 1. The van der Waals surface area contributed by atoms with Crippen molar-refractivity contribution in [2.24, 2.45) is 0 Å². The minimum absolute atomic E-state index is 0.0772. The molecule has 8 nitrogen and oxygen atoms in total. The second-order valence-corrected chi connectivity index (χ2v) is 4.39. The molecule has 1 saturated heterocycles. The van der Waals surface area contributed by atoms with E-state index in [1.807, 2.05) is 0 Å². The van der Waals surface area contributed by atoms with Crippen LogP contribution in [0.4, 0.5) is 0 Å². The van der Waals surface area contributed by atoms with Crippen molar-refractivity contribution in [3.8, 4) is 0 Å². The maximum absolute atomic E-state index is 11.2. The first-order valence-corrected chi connectivity index (χ1v) is 6.11. The van der Waals surface area contributed by atoms with Crippen molar-refractivity contribution in [3.63, 3.8) is 0 Å². The van der Waals surface area contributed by atoms with Crippen LogP contribution in [0.25, 0.3) is 0 Å². The van der Waals surface area contributed by atoms with E-state index in [4.69, 9.17) is 18.9 Å². The molecule has 0 bridgehead atoms. The summed E-state index contributed by atoms with van der Waals surface area (Å²) in [7, 11) is 1.38. The van der Waals surface area contributed by atoms with E-state index in [0.29, 0.717) is 0 Å². The Bertz CT molecular complexity index is 384. The molecule has 0 saturated carbocycles. The Kier molecular flexibility index (Phi) is 5.90. The fourth-order valence-corrected chi connectivity index (χ4v) is 2.01. The average Bonchev–Trinajstić information content (AvgIpc) is 2.31. The summed E-state index contributed by atoms with van der Waals surface area (Å²) in [6, 6.07) is -0.618. The lowest BCUT2D eigenvalue weighted by Crippen LogP contribution is -2.61. The molecule has 1 N–H and O–H groups in total. The van der Waals surface area contributed by atoms with Gasteiger partial charge in [0.1, 0.15) is 0 Å². The highest BCUT2D eigenvalue weighted by Crippen LogP contribution is 2.22. The zero-order chi connectivity index (χ0) is 15.3. The second kappa shape index (κ2) is 7.20. The van der Waals surface area contributed by atoms with Crippen LogP contribution in [-0.4, -0.2) is 56.1 Å². The number of carbonyl (C=O) groups excluding carboxylic acids is 3. The number of nitrogens with one attached hydrogen (secondary N) is 1. The third-order valence-electron chi connectivity index (χ3n) is 2.65. The molecule has 0 aromatic rings. The van der Waals surface area contributed by atoms with E-state index in [2.05, 4.69) is 5.32 Å². The Labute approximate surface area is 116 Å². The third kappa shape index (κ3) is 4.46. The molecule has 1 aliphatic heterocycles. The fraction of sp³-hybridized carbons (Fsp3) is 0.750. The van der Waals surface area contributed by atoms with Crippen LogP contribution in [-0.2, 0) is 33.3 Å². The van der Waals surface area contributed by atoms with Crippen LogP contribution >= 0.6 is 0 Å². The van der Waals surface area contributed by atoms with Gasteiger partial charge in [0.25, 0.3) is 0 Å². The Morgan fingerprint density at radius 3 is 2.05 bits per heavy atom. The molecule has 0 aliphatic carbocycles. The van der Waals surface area contributed by atoms with Gasteiger partial charge >= 0.3 is 11.9 Å². The van der Waals surface area contributed by atoms with Crippen LogP contribution in [0.15, 0.2) is 0 Å². The SMILES string of the molecule is CO[C@H]1OC[C@H](NC(C)=O)[C@@H](OC(C)=O)[C@H]1OC(C)=O. The summed E-state index contributed by atoms with van der Waals surface area (Å²) in [6.07, 6.45) is -2.70. The van der Waals surface area contributed by atoms with Gasteiger partial charge in [-0.05, 0) is 0 Å². The summed E-state index contributed by atoms with van der Waals surface area (Å²) in [5.74, 6) is -1.44. The highest BCUT2D eigenvalue weighted by molar-refractivity contribution is 5.73. The predicted octanol–water partition coefficient (Wildman–Crippen LogP) is -0.643. The van der Waals surface area contributed by atoms with Gasteiger partial charge in [-0.3, -0.25) is 14.4 Å². The van der Waals surface area contributed by atoms with Gasteiger partial charge in [-0.2, -0.15) is 0 Å². The van der Waals surface area contributed by atoms with E-state index >= 15 is 0 Å². The molecule has 0 unspecified atom stereocenters. The Balaban J connectivity index is 2.95. The van der Waals surface area contributed by atoms with Crippen molar-refractivity contribution in [3.05, 3.63) is 0 Å². The molecular weight excluding hydrogens is 270 g/mol. The summed E-state index contributed by atoms with van der Waals surface area (Å²) in [6.45, 7) is 3.86. The summed E-state index contributed by atoms with van der Waals surface area (Å²) in [4.78, 5) is 33.6. The first-order valence-electron chi connectivity index (χ1n) is 6.11. The molecule has 8 heteroatoms. The summed E-state index contributed by atoms with van der Waals surface area (Å²) in [5.41, 5.74) is 0. The molecule has 1 heterocycles. The molecule has 1 fully saturated rings. The lowest BCUT2D eigenvalue weighted by atomic mass is 10.0. The number of carbonyl (C=O) groups is 3. The Morgan fingerprint density at radius 2 is 1.60 bits per heavy atom. The summed E-state index contributed by atoms with van der Waals surface area (Å²) >= 11 is 0. The van der Waals surface area contributed by atoms with Gasteiger partial charge in [0, 0.05) is 27.9 Å².